The fraction of sp³-hybridized carbons (Fsp3) is 0.643. The predicted molar refractivity (Wildman–Crippen MR) is 73.1 cm³/mol. The second-order valence-corrected chi connectivity index (χ2v) is 5.16. The maximum atomic E-state index is 10.0. The van der Waals surface area contributed by atoms with E-state index in [2.05, 4.69) is 9.88 Å². The molecule has 0 saturated carbocycles. The summed E-state index contributed by atoms with van der Waals surface area (Å²) >= 11 is 0. The van der Waals surface area contributed by atoms with Crippen molar-refractivity contribution in [1.29, 1.82) is 0 Å². The number of piperidine rings is 1. The van der Waals surface area contributed by atoms with Gasteiger partial charge in [-0.15, -0.1) is 0 Å². The highest BCUT2D eigenvalue weighted by molar-refractivity contribution is 5.48. The molecule has 1 aliphatic rings. The molecule has 1 aromatic rings. The van der Waals surface area contributed by atoms with Gasteiger partial charge < -0.3 is 19.8 Å². The summed E-state index contributed by atoms with van der Waals surface area (Å²) in [5, 5.41) is 19.2. The zero-order valence-electron chi connectivity index (χ0n) is 11.5. The normalized spacial score (nSPS) is 20.3. The van der Waals surface area contributed by atoms with E-state index in [9.17, 15) is 10.2 Å². The van der Waals surface area contributed by atoms with Crippen LogP contribution in [0.5, 0.6) is 0 Å². The van der Waals surface area contributed by atoms with Crippen LogP contribution in [0, 0.1) is 0 Å². The van der Waals surface area contributed by atoms with E-state index in [1.807, 2.05) is 19.1 Å². The molecule has 0 amide bonds. The number of rotatable bonds is 4. The lowest BCUT2D eigenvalue weighted by Crippen LogP contribution is -2.47. The monoisotopic (exact) mass is 266 g/mol. The van der Waals surface area contributed by atoms with Crippen molar-refractivity contribution in [2.75, 3.05) is 31.7 Å². The molecule has 1 saturated heterocycles. The first kappa shape index (κ1) is 14.2. The Balaban J connectivity index is 2.15. The first-order chi connectivity index (χ1) is 9.09. The maximum Gasteiger partial charge on any atom is 0.134 e. The molecule has 2 heterocycles. The lowest BCUT2D eigenvalue weighted by atomic mass is 9.92. The van der Waals surface area contributed by atoms with Crippen molar-refractivity contribution in [3.8, 4) is 0 Å². The zero-order chi connectivity index (χ0) is 13.9. The Morgan fingerprint density at radius 1 is 1.47 bits per heavy atom. The largest absolute Gasteiger partial charge is 0.393 e. The number of hydrogen-bond acceptors (Lipinski definition) is 5. The van der Waals surface area contributed by atoms with Gasteiger partial charge >= 0.3 is 0 Å². The van der Waals surface area contributed by atoms with Gasteiger partial charge in [-0.3, -0.25) is 0 Å². The third kappa shape index (κ3) is 3.05. The molecule has 1 unspecified atom stereocenters. The van der Waals surface area contributed by atoms with Crippen LogP contribution < -0.4 is 4.90 Å². The van der Waals surface area contributed by atoms with E-state index in [1.54, 1.807) is 13.3 Å². The Bertz CT molecular complexity index is 417. The number of aliphatic hydroxyl groups is 2. The molecular weight excluding hydrogens is 244 g/mol. The highest BCUT2D eigenvalue weighted by Crippen LogP contribution is 2.30. The highest BCUT2D eigenvalue weighted by atomic mass is 16.5. The molecule has 0 aliphatic carbocycles. The average molecular weight is 266 g/mol. The molecule has 5 nitrogen and oxygen atoms in total. The van der Waals surface area contributed by atoms with E-state index >= 15 is 0 Å². The summed E-state index contributed by atoms with van der Waals surface area (Å²) in [6, 6.07) is 3.92. The molecule has 0 radical (unpaired) electrons. The number of methoxy groups -OCH3 is 1. The number of ether oxygens (including phenoxy) is 1. The Labute approximate surface area is 113 Å². The molecule has 5 heteroatoms. The topological polar surface area (TPSA) is 65.8 Å². The van der Waals surface area contributed by atoms with Crippen molar-refractivity contribution in [2.24, 2.45) is 0 Å². The van der Waals surface area contributed by atoms with Gasteiger partial charge in [0.25, 0.3) is 0 Å². The van der Waals surface area contributed by atoms with Crippen LogP contribution in [0.3, 0.4) is 0 Å². The summed E-state index contributed by atoms with van der Waals surface area (Å²) in [4.78, 5) is 6.59. The second kappa shape index (κ2) is 5.86. The summed E-state index contributed by atoms with van der Waals surface area (Å²) in [6.45, 7) is 3.20. The van der Waals surface area contributed by atoms with Crippen molar-refractivity contribution in [3.05, 3.63) is 23.9 Å². The van der Waals surface area contributed by atoms with E-state index in [-0.39, 0.29) is 12.7 Å². The van der Waals surface area contributed by atoms with Crippen LogP contribution in [-0.4, -0.2) is 47.6 Å². The summed E-state index contributed by atoms with van der Waals surface area (Å²) in [6.07, 6.45) is 2.87. The fourth-order valence-corrected chi connectivity index (χ4v) is 2.41. The molecule has 1 aromatic heterocycles. The Hall–Kier alpha value is -1.17. The quantitative estimate of drug-likeness (QED) is 0.854. The second-order valence-electron chi connectivity index (χ2n) is 5.16. The average Bonchev–Trinajstić information content (AvgIpc) is 2.47. The lowest BCUT2D eigenvalue weighted by molar-refractivity contribution is -0.0327. The number of aromatic nitrogens is 1. The molecule has 2 rings (SSSR count). The zero-order valence-corrected chi connectivity index (χ0v) is 11.5. The number of hydrogen-bond donors (Lipinski definition) is 2. The van der Waals surface area contributed by atoms with Gasteiger partial charge in [0, 0.05) is 32.0 Å². The van der Waals surface area contributed by atoms with Gasteiger partial charge in [0.15, 0.2) is 0 Å². The Morgan fingerprint density at radius 3 is 2.74 bits per heavy atom. The first-order valence-electron chi connectivity index (χ1n) is 6.65. The van der Waals surface area contributed by atoms with E-state index in [0.29, 0.717) is 25.9 Å². The third-order valence-electron chi connectivity index (χ3n) is 3.90. The summed E-state index contributed by atoms with van der Waals surface area (Å²) in [5.41, 5.74) is 0.123. The van der Waals surface area contributed by atoms with E-state index in [1.165, 1.54) is 0 Å². The number of anilines is 1. The molecule has 0 aromatic carbocycles. The van der Waals surface area contributed by atoms with Crippen LogP contribution in [-0.2, 0) is 4.74 Å². The molecule has 0 bridgehead atoms. The minimum atomic E-state index is -0.932. The lowest BCUT2D eigenvalue weighted by Gasteiger charge is -2.38. The van der Waals surface area contributed by atoms with Crippen LogP contribution in [0.2, 0.25) is 0 Å². The molecular formula is C14H22N2O3. The highest BCUT2D eigenvalue weighted by Gasteiger charge is 2.32. The van der Waals surface area contributed by atoms with E-state index in [0.717, 1.165) is 11.4 Å². The summed E-state index contributed by atoms with van der Waals surface area (Å²) in [5.74, 6) is 0.914. The van der Waals surface area contributed by atoms with Gasteiger partial charge in [0.1, 0.15) is 5.82 Å². The van der Waals surface area contributed by atoms with Crippen LogP contribution in [0.25, 0.3) is 0 Å². The molecule has 1 fully saturated rings. The molecule has 2 N–H and O–H groups in total. The van der Waals surface area contributed by atoms with Gasteiger partial charge in [-0.25, -0.2) is 4.98 Å². The summed E-state index contributed by atoms with van der Waals surface area (Å²) < 4.78 is 5.37. The van der Waals surface area contributed by atoms with Gasteiger partial charge in [-0.05, 0) is 25.8 Å². The summed E-state index contributed by atoms with van der Waals surface area (Å²) in [7, 11) is 1.68. The van der Waals surface area contributed by atoms with E-state index < -0.39 is 5.60 Å². The molecule has 19 heavy (non-hydrogen) atoms. The van der Waals surface area contributed by atoms with Crippen LogP contribution in [0.1, 0.15) is 31.4 Å². The van der Waals surface area contributed by atoms with Crippen molar-refractivity contribution < 1.29 is 14.9 Å². The van der Waals surface area contributed by atoms with Crippen molar-refractivity contribution >= 4 is 5.82 Å². The van der Waals surface area contributed by atoms with Gasteiger partial charge in [0.2, 0.25) is 0 Å². The minimum absolute atomic E-state index is 0.0117. The Kier molecular flexibility index (Phi) is 4.39. The molecule has 106 valence electrons. The smallest absolute Gasteiger partial charge is 0.134 e. The third-order valence-corrected chi connectivity index (χ3v) is 3.90. The van der Waals surface area contributed by atoms with Crippen LogP contribution in [0.4, 0.5) is 5.82 Å². The fourth-order valence-electron chi connectivity index (χ4n) is 2.41. The van der Waals surface area contributed by atoms with Gasteiger partial charge in [-0.1, -0.05) is 6.07 Å². The van der Waals surface area contributed by atoms with E-state index in [4.69, 9.17) is 4.74 Å². The van der Waals surface area contributed by atoms with Crippen molar-refractivity contribution in [3.63, 3.8) is 0 Å². The van der Waals surface area contributed by atoms with Crippen LogP contribution >= 0.6 is 0 Å². The number of pyridine rings is 1. The molecule has 0 spiro atoms. The van der Waals surface area contributed by atoms with Crippen LogP contribution in [0.15, 0.2) is 18.3 Å². The predicted octanol–water partition coefficient (Wildman–Crippen LogP) is 1.11. The van der Waals surface area contributed by atoms with Gasteiger partial charge in [0.05, 0.1) is 18.3 Å². The van der Waals surface area contributed by atoms with Crippen molar-refractivity contribution in [2.45, 2.75) is 31.5 Å². The van der Waals surface area contributed by atoms with Crippen molar-refractivity contribution in [1.82, 2.24) is 4.98 Å². The standard InChI is InChI=1S/C14H22N2O3/c1-11(19-2)12-4-3-7-15-13(12)16-8-5-14(18,10-17)6-9-16/h3-4,7,11,17-18H,5-6,8-10H2,1-2H3. The molecule has 1 aliphatic heterocycles. The molecule has 1 atom stereocenters. The first-order valence-corrected chi connectivity index (χ1v) is 6.65. The SMILES string of the molecule is COC(C)c1cccnc1N1CCC(O)(CO)CC1. The van der Waals surface area contributed by atoms with Gasteiger partial charge in [-0.2, -0.15) is 0 Å². The maximum absolute atomic E-state index is 10.0. The minimum Gasteiger partial charge on any atom is -0.393 e. The Morgan fingerprint density at radius 2 is 2.16 bits per heavy atom. The number of aliphatic hydroxyl groups excluding tert-OH is 1. The number of nitrogens with zero attached hydrogens (tertiary/aromatic N) is 2.